The standard InChI is InChI=1S/C16H15ClF2IN5.C5H13N/c1-7(2)8(3)23-15-13(12-10(18)4-9(20)5-11(12)19)14(17)24-16-21-6-22-25(15)16;1-4(2)5(3)6/h4-8,23H,1-3H3;4-5H,6H2,1-3H3. The van der Waals surface area contributed by atoms with Crippen molar-refractivity contribution in [3.05, 3.63) is 38.8 Å². The second-order valence-electron chi connectivity index (χ2n) is 8.12. The topological polar surface area (TPSA) is 81.1 Å². The molecule has 31 heavy (non-hydrogen) atoms. The number of hydrogen-bond acceptors (Lipinski definition) is 5. The lowest BCUT2D eigenvalue weighted by Gasteiger charge is -2.22. The van der Waals surface area contributed by atoms with Crippen LogP contribution in [0.15, 0.2) is 18.5 Å². The third kappa shape index (κ3) is 6.23. The fraction of sp³-hybridized carbons (Fsp3) is 0.476. The van der Waals surface area contributed by atoms with Crippen LogP contribution in [0.3, 0.4) is 0 Å². The van der Waals surface area contributed by atoms with E-state index in [9.17, 15) is 8.78 Å². The van der Waals surface area contributed by atoms with Gasteiger partial charge in [0, 0.05) is 15.7 Å². The van der Waals surface area contributed by atoms with Crippen LogP contribution in [0, 0.1) is 27.0 Å². The van der Waals surface area contributed by atoms with Gasteiger partial charge in [0.05, 0.1) is 11.1 Å². The molecule has 0 aliphatic carbocycles. The van der Waals surface area contributed by atoms with Crippen molar-refractivity contribution in [1.29, 1.82) is 0 Å². The average molecular weight is 565 g/mol. The van der Waals surface area contributed by atoms with Gasteiger partial charge in [0.2, 0.25) is 0 Å². The fourth-order valence-electron chi connectivity index (χ4n) is 2.33. The minimum absolute atomic E-state index is 0.000382. The van der Waals surface area contributed by atoms with Crippen molar-refractivity contribution in [2.24, 2.45) is 17.6 Å². The summed E-state index contributed by atoms with van der Waals surface area (Å²) in [5.74, 6) is 0.0710. The van der Waals surface area contributed by atoms with Gasteiger partial charge in [-0.05, 0) is 60.4 Å². The highest BCUT2D eigenvalue weighted by atomic mass is 127. The van der Waals surface area contributed by atoms with Crippen molar-refractivity contribution in [2.75, 3.05) is 5.32 Å². The quantitative estimate of drug-likeness (QED) is 0.304. The molecule has 0 spiro atoms. The van der Waals surface area contributed by atoms with Crippen LogP contribution >= 0.6 is 34.2 Å². The van der Waals surface area contributed by atoms with Crippen molar-refractivity contribution in [1.82, 2.24) is 19.6 Å². The molecule has 6 nitrogen and oxygen atoms in total. The molecule has 0 aliphatic rings. The first kappa shape index (κ1) is 25.7. The molecular formula is C21H28ClF2IN6. The van der Waals surface area contributed by atoms with Crippen LogP contribution in [-0.4, -0.2) is 31.7 Å². The first-order chi connectivity index (χ1) is 14.4. The highest BCUT2D eigenvalue weighted by Gasteiger charge is 2.25. The molecule has 1 aromatic carbocycles. The summed E-state index contributed by atoms with van der Waals surface area (Å²) < 4.78 is 31.0. The summed E-state index contributed by atoms with van der Waals surface area (Å²) >= 11 is 8.13. The van der Waals surface area contributed by atoms with Gasteiger partial charge in [0.25, 0.3) is 5.78 Å². The average Bonchev–Trinajstić information content (AvgIpc) is 3.11. The highest BCUT2D eigenvalue weighted by molar-refractivity contribution is 14.1. The molecule has 3 aromatic rings. The van der Waals surface area contributed by atoms with Crippen molar-refractivity contribution in [3.63, 3.8) is 0 Å². The highest BCUT2D eigenvalue weighted by Crippen LogP contribution is 2.38. The Kier molecular flexibility index (Phi) is 8.96. The van der Waals surface area contributed by atoms with Gasteiger partial charge in [-0.3, -0.25) is 0 Å². The molecule has 2 atom stereocenters. The zero-order valence-corrected chi connectivity index (χ0v) is 21.3. The van der Waals surface area contributed by atoms with Crippen LogP contribution in [-0.2, 0) is 0 Å². The maximum absolute atomic E-state index is 14.6. The van der Waals surface area contributed by atoms with Gasteiger partial charge in [-0.1, -0.05) is 39.3 Å². The van der Waals surface area contributed by atoms with Crippen molar-refractivity contribution in [2.45, 2.75) is 53.6 Å². The van der Waals surface area contributed by atoms with Crippen molar-refractivity contribution >= 4 is 45.8 Å². The molecule has 0 amide bonds. The number of aromatic nitrogens is 4. The van der Waals surface area contributed by atoms with E-state index in [1.165, 1.54) is 23.0 Å². The SMILES string of the molecule is CC(C)C(C)N.CC(C)C(C)Nc1c(-c2c(F)cc(I)cc2F)c(Cl)nc2ncnn12. The van der Waals surface area contributed by atoms with Gasteiger partial charge < -0.3 is 11.1 Å². The van der Waals surface area contributed by atoms with Crippen LogP contribution in [0.25, 0.3) is 16.9 Å². The van der Waals surface area contributed by atoms with E-state index in [1.807, 2.05) is 50.3 Å². The predicted molar refractivity (Wildman–Crippen MR) is 130 cm³/mol. The first-order valence-electron chi connectivity index (χ1n) is 10.00. The van der Waals surface area contributed by atoms with Crippen LogP contribution < -0.4 is 11.1 Å². The Morgan fingerprint density at radius 3 is 2.06 bits per heavy atom. The molecular weight excluding hydrogens is 537 g/mol. The summed E-state index contributed by atoms with van der Waals surface area (Å²) in [6.07, 6.45) is 1.31. The summed E-state index contributed by atoms with van der Waals surface area (Å²) in [7, 11) is 0. The van der Waals surface area contributed by atoms with Crippen molar-refractivity contribution < 1.29 is 8.78 Å². The smallest absolute Gasteiger partial charge is 0.255 e. The normalized spacial score (nSPS) is 13.3. The monoisotopic (exact) mass is 564 g/mol. The number of anilines is 1. The summed E-state index contributed by atoms with van der Waals surface area (Å²) in [6, 6.07) is 2.84. The molecule has 0 radical (unpaired) electrons. The molecule has 2 unspecified atom stereocenters. The van der Waals surface area contributed by atoms with Crippen LogP contribution in [0.5, 0.6) is 0 Å². The van der Waals surface area contributed by atoms with E-state index in [2.05, 4.69) is 34.2 Å². The number of fused-ring (bicyclic) bond motifs is 1. The van der Waals surface area contributed by atoms with E-state index in [4.69, 9.17) is 17.3 Å². The van der Waals surface area contributed by atoms with Gasteiger partial charge in [-0.15, -0.1) is 0 Å². The number of nitrogens with two attached hydrogens (primary N) is 1. The lowest BCUT2D eigenvalue weighted by molar-refractivity contribution is 0.529. The van der Waals surface area contributed by atoms with E-state index < -0.39 is 11.6 Å². The maximum atomic E-state index is 14.6. The number of rotatable bonds is 5. The second kappa shape index (κ2) is 10.8. The number of hydrogen-bond donors (Lipinski definition) is 2. The molecule has 0 fully saturated rings. The fourth-order valence-corrected chi connectivity index (χ4v) is 3.14. The molecule has 170 valence electrons. The second-order valence-corrected chi connectivity index (χ2v) is 9.73. The molecule has 0 saturated heterocycles. The summed E-state index contributed by atoms with van der Waals surface area (Å²) in [5, 5.41) is 7.32. The van der Waals surface area contributed by atoms with E-state index >= 15 is 0 Å². The van der Waals surface area contributed by atoms with Crippen LogP contribution in [0.4, 0.5) is 14.6 Å². The zero-order chi connectivity index (χ0) is 23.5. The van der Waals surface area contributed by atoms with Gasteiger partial charge in [0.15, 0.2) is 0 Å². The number of halogens is 4. The molecule has 0 bridgehead atoms. The molecule has 0 saturated carbocycles. The number of nitrogens with zero attached hydrogens (tertiary/aromatic N) is 4. The molecule has 10 heteroatoms. The van der Waals surface area contributed by atoms with Gasteiger partial charge in [-0.25, -0.2) is 8.78 Å². The zero-order valence-electron chi connectivity index (χ0n) is 18.4. The Hall–Kier alpha value is -1.59. The van der Waals surface area contributed by atoms with E-state index in [0.29, 0.717) is 21.3 Å². The Labute approximate surface area is 200 Å². The third-order valence-corrected chi connectivity index (χ3v) is 5.95. The first-order valence-corrected chi connectivity index (χ1v) is 11.5. The predicted octanol–water partition coefficient (Wildman–Crippen LogP) is 5.77. The summed E-state index contributed by atoms with van der Waals surface area (Å²) in [6.45, 7) is 12.3. The van der Waals surface area contributed by atoms with Crippen LogP contribution in [0.2, 0.25) is 5.15 Å². The molecule has 2 aromatic heterocycles. The maximum Gasteiger partial charge on any atom is 0.255 e. The Morgan fingerprint density at radius 1 is 1.03 bits per heavy atom. The lowest BCUT2D eigenvalue weighted by atomic mass is 10.0. The van der Waals surface area contributed by atoms with Gasteiger partial charge in [-0.2, -0.15) is 19.6 Å². The Balaban J connectivity index is 0.000000501. The largest absolute Gasteiger partial charge is 0.367 e. The Morgan fingerprint density at radius 2 is 1.58 bits per heavy atom. The summed E-state index contributed by atoms with van der Waals surface area (Å²) in [5.41, 5.74) is 5.32. The minimum Gasteiger partial charge on any atom is -0.367 e. The number of nitrogens with one attached hydrogen (secondary N) is 1. The van der Waals surface area contributed by atoms with E-state index in [1.54, 1.807) is 0 Å². The van der Waals surface area contributed by atoms with Crippen LogP contribution in [0.1, 0.15) is 41.5 Å². The van der Waals surface area contributed by atoms with E-state index in [-0.39, 0.29) is 34.0 Å². The molecule has 3 rings (SSSR count). The summed E-state index contributed by atoms with van der Waals surface area (Å²) in [4.78, 5) is 8.12. The third-order valence-electron chi connectivity index (χ3n) is 5.06. The Bertz CT molecular complexity index is 1010. The van der Waals surface area contributed by atoms with Crippen molar-refractivity contribution in [3.8, 4) is 11.1 Å². The molecule has 3 N–H and O–H groups in total. The van der Waals surface area contributed by atoms with E-state index in [0.717, 1.165) is 0 Å². The van der Waals surface area contributed by atoms with Gasteiger partial charge in [0.1, 0.15) is 28.9 Å². The van der Waals surface area contributed by atoms with Gasteiger partial charge >= 0.3 is 0 Å². The molecule has 0 aliphatic heterocycles. The minimum atomic E-state index is -0.715. The number of benzene rings is 1. The molecule has 2 heterocycles. The lowest BCUT2D eigenvalue weighted by Crippen LogP contribution is -2.24.